The van der Waals surface area contributed by atoms with Crippen LogP contribution in [0.3, 0.4) is 0 Å². The molecule has 0 aromatic heterocycles. The summed E-state index contributed by atoms with van der Waals surface area (Å²) < 4.78 is 71.6. The van der Waals surface area contributed by atoms with Crippen molar-refractivity contribution in [3.63, 3.8) is 0 Å². The maximum absolute atomic E-state index is 15.2. The standard InChI is InChI=1S/C51H60N2O19.C49H61NO16/c1-26-30(67-45(63)40(38(28-15-11-9-12-16-28)52-46(64)71-47(3,4)5)68-35(58)21-22-36(59)72-53-33(56)19-20-34(53)57)24-51(65)43(69-44(62)29-17-13-10-14-18-29)41-49(8,42(61)39(60)37(26)48(51,6)7)31(55)23-32-50(41,25-66-32)70-27(2)54;1-10-30(52)21-22-34(54)63-38(36(28-17-13-11-14-18-28)50-44(59)66-45(4,5)6)43(58)62-31-24-49(60)41(64-42(57)29-19-15-12-16-20-29)39-47(9,40(56)37(55)35(26(31)2)46(49,7)8)32(53)23-33-48(39,25-61-33)65-27(3)51/h9-18,30-32,38-41,43,55,60,65H,19-25H2,1-8H3,(H,52,64);11-20,31-33,36-39,41,53,55,60H,10,21-25H2,1-9H3,(H,50,59)/t30-,31-,32+,38-,39+,40+,41?,43-,49+,50-,51+;31-,32-,33+,36-,37+,38+,39?,41-,47+,48-,49+/m00/s1. The van der Waals surface area contributed by atoms with Crippen LogP contribution in [0, 0.1) is 33.5 Å². The molecule has 4 bridgehead atoms. The number of alkyl carbamates (subject to hydrolysis) is 2. The van der Waals surface area contributed by atoms with E-state index in [9.17, 15) is 93.0 Å². The minimum atomic E-state index is -2.51. The van der Waals surface area contributed by atoms with Crippen LogP contribution < -0.4 is 10.6 Å². The molecule has 4 amide bonds. The van der Waals surface area contributed by atoms with Crippen LogP contribution in [0.15, 0.2) is 144 Å². The predicted molar refractivity (Wildman–Crippen MR) is 476 cm³/mol. The first-order chi connectivity index (χ1) is 64.5. The predicted octanol–water partition coefficient (Wildman–Crippen LogP) is 7.77. The van der Waals surface area contributed by atoms with Crippen LogP contribution in [-0.4, -0.2) is 251 Å². The van der Waals surface area contributed by atoms with Crippen LogP contribution in [0.5, 0.6) is 0 Å². The van der Waals surface area contributed by atoms with Crippen molar-refractivity contribution in [3.8, 4) is 0 Å². The molecule has 2 unspecified atom stereocenters. The topological polar surface area (TPSA) is 542 Å². The molecule has 4 saturated carbocycles. The number of carbonyl (C=O) groups excluding carboxylic acids is 16. The molecule has 0 radical (unpaired) electrons. The van der Waals surface area contributed by atoms with Crippen molar-refractivity contribution in [2.45, 2.75) is 307 Å². The molecule has 4 aromatic rings. The van der Waals surface area contributed by atoms with E-state index in [4.69, 9.17) is 61.7 Å². The number of amides is 4. The number of nitrogens with one attached hydrogen (secondary N) is 2. The van der Waals surface area contributed by atoms with E-state index in [2.05, 4.69) is 10.6 Å². The van der Waals surface area contributed by atoms with Gasteiger partial charge in [0.15, 0.2) is 22.8 Å². The van der Waals surface area contributed by atoms with Crippen LogP contribution in [0.25, 0.3) is 0 Å². The first-order valence-corrected chi connectivity index (χ1v) is 45.8. The molecule has 6 aliphatic carbocycles. The van der Waals surface area contributed by atoms with Crippen molar-refractivity contribution in [2.24, 2.45) is 33.5 Å². The van der Waals surface area contributed by atoms with E-state index in [1.54, 1.807) is 133 Å². The van der Waals surface area contributed by atoms with Crippen LogP contribution >= 0.6 is 0 Å². The lowest BCUT2D eigenvalue weighted by molar-refractivity contribution is -0.346. The van der Waals surface area contributed by atoms with Gasteiger partial charge in [-0.15, -0.1) is 5.06 Å². The second-order valence-electron chi connectivity index (χ2n) is 40.0. The number of hydroxylamine groups is 2. The number of ketones is 3. The van der Waals surface area contributed by atoms with E-state index < -0.39 is 274 Å². The van der Waals surface area contributed by atoms with Crippen molar-refractivity contribution in [3.05, 3.63) is 166 Å². The minimum absolute atomic E-state index is 0.0134. The van der Waals surface area contributed by atoms with E-state index in [0.717, 1.165) is 13.8 Å². The molecular weight excluding hydrogens is 1800 g/mol. The Balaban J connectivity index is 0.000000248. The lowest BCUT2D eigenvalue weighted by Gasteiger charge is -2.67. The molecule has 138 heavy (non-hydrogen) atoms. The number of fused-ring (bicyclic) bond motifs is 10. The number of Topliss-reactive ketones (excluding diaryl/α,β-unsaturated/α-hetero) is 3. The maximum Gasteiger partial charge on any atom is 0.408 e. The van der Waals surface area contributed by atoms with Gasteiger partial charge in [-0.3, -0.25) is 43.2 Å². The largest absolute Gasteiger partial charge is 0.455 e. The molecule has 38 heteroatoms. The highest BCUT2D eigenvalue weighted by Crippen LogP contribution is 2.67. The lowest BCUT2D eigenvalue weighted by atomic mass is 9.44. The number of ether oxygens (including phenoxy) is 12. The Morgan fingerprint density at radius 2 is 0.812 bits per heavy atom. The van der Waals surface area contributed by atoms with Crippen molar-refractivity contribution in [1.82, 2.24) is 15.7 Å². The molecule has 38 nitrogen and oxygen atoms in total. The number of imide groups is 1. The van der Waals surface area contributed by atoms with Gasteiger partial charge in [0.05, 0.1) is 78.5 Å². The number of hydrogen-bond donors (Lipinski definition) is 8. The molecular formula is C100H121N3O35. The first kappa shape index (κ1) is 105. The van der Waals surface area contributed by atoms with Crippen LogP contribution in [-0.2, 0) is 119 Å². The molecule has 4 aromatic carbocycles. The van der Waals surface area contributed by atoms with Crippen molar-refractivity contribution in [1.29, 1.82) is 0 Å². The second kappa shape index (κ2) is 40.1. The number of aliphatic hydroxyl groups excluding tert-OH is 4. The zero-order valence-corrected chi connectivity index (χ0v) is 79.9. The Kier molecular flexibility index (Phi) is 30.4. The van der Waals surface area contributed by atoms with E-state index >= 15 is 14.4 Å². The third-order valence-corrected chi connectivity index (χ3v) is 28.3. The SMILES string of the molecule is CC(=O)O[C@@]12CO[C@@H]1C[C@H](O)[C@@]1(C)C(=O)[C@H](O)C3=C(C)[C@@H](OC(=O)[C@H](OC(=O)CCC(=O)ON4C(=O)CCC4=O)[C@@H](NC(=O)OC(C)(C)C)c4ccccc4)C[C@@](O)([C@@H](OC(=O)c4ccccc4)C12)C3(C)C.CCC(=O)CCC(=O)O[C@@H](C(=O)O[C@H]1C[C@@]2(O)[C@@H](OC(=O)c3ccccc3)C3[C@](C)(C(=O)[C@H](O)C(=C1C)C2(C)C)[C@@H](O)C[C@H]1OC[C@@]31OC(C)=O)[C@@H](NC(=O)OC(C)(C)C)c1ccccc1. The minimum Gasteiger partial charge on any atom is -0.455 e. The Morgan fingerprint density at radius 3 is 1.13 bits per heavy atom. The van der Waals surface area contributed by atoms with Gasteiger partial charge < -0.3 is 103 Å². The van der Waals surface area contributed by atoms with Gasteiger partial charge in [-0.2, -0.15) is 0 Å². The Hall–Kier alpha value is -12.0. The molecule has 3 saturated heterocycles. The molecule has 13 rings (SSSR count). The fourth-order valence-corrected chi connectivity index (χ4v) is 21.2. The Morgan fingerprint density at radius 1 is 0.478 bits per heavy atom. The highest BCUT2D eigenvalue weighted by molar-refractivity contribution is 6.02. The molecule has 9 aliphatic rings. The molecule has 746 valence electrons. The summed E-state index contributed by atoms with van der Waals surface area (Å²) in [4.78, 5) is 223. The zero-order chi connectivity index (χ0) is 102. The number of rotatable bonds is 26. The summed E-state index contributed by atoms with van der Waals surface area (Å²) in [5.74, 6) is -16.5. The summed E-state index contributed by atoms with van der Waals surface area (Å²) in [5.41, 5.74) is -17.9. The Labute approximate surface area is 796 Å². The molecule has 22 atom stereocenters. The molecule has 3 aliphatic heterocycles. The summed E-state index contributed by atoms with van der Waals surface area (Å²) >= 11 is 0. The third-order valence-electron chi connectivity index (χ3n) is 28.3. The highest BCUT2D eigenvalue weighted by atomic mass is 16.7. The average molecular weight is 1930 g/mol. The van der Waals surface area contributed by atoms with Crippen molar-refractivity contribution < 1.29 is 169 Å². The smallest absolute Gasteiger partial charge is 0.408 e. The van der Waals surface area contributed by atoms with Crippen molar-refractivity contribution in [2.75, 3.05) is 13.2 Å². The molecule has 3 heterocycles. The monoisotopic (exact) mass is 1920 g/mol. The number of esters is 8. The van der Waals surface area contributed by atoms with E-state index in [0.29, 0.717) is 5.06 Å². The van der Waals surface area contributed by atoms with Crippen LogP contribution in [0.2, 0.25) is 0 Å². The first-order valence-electron chi connectivity index (χ1n) is 45.8. The van der Waals surface area contributed by atoms with E-state index in [1.165, 1.54) is 91.8 Å². The summed E-state index contributed by atoms with van der Waals surface area (Å²) in [6.45, 7) is 24.5. The van der Waals surface area contributed by atoms with E-state index in [-0.39, 0.29) is 102 Å². The van der Waals surface area contributed by atoms with Gasteiger partial charge in [-0.05, 0) is 127 Å². The van der Waals surface area contributed by atoms with Gasteiger partial charge in [0, 0.05) is 76.0 Å². The summed E-state index contributed by atoms with van der Waals surface area (Å²) in [6.07, 6.45) is -26.8. The number of carbonyl (C=O) groups is 16. The van der Waals surface area contributed by atoms with Gasteiger partial charge in [0.1, 0.15) is 89.1 Å². The van der Waals surface area contributed by atoms with Crippen LogP contribution in [0.1, 0.15) is 232 Å². The van der Waals surface area contributed by atoms with Gasteiger partial charge in [-0.25, -0.2) is 33.6 Å². The number of benzene rings is 4. The van der Waals surface area contributed by atoms with Gasteiger partial charge in [0.25, 0.3) is 11.8 Å². The average Bonchev–Trinajstić information content (AvgIpc) is 0.707. The zero-order valence-electron chi connectivity index (χ0n) is 79.9. The fourth-order valence-electron chi connectivity index (χ4n) is 21.2. The van der Waals surface area contributed by atoms with E-state index in [1.807, 2.05) is 0 Å². The van der Waals surface area contributed by atoms with Gasteiger partial charge in [0.2, 0.25) is 12.2 Å². The highest BCUT2D eigenvalue weighted by Gasteiger charge is 2.81. The normalized spacial score (nSPS) is 30.6. The molecule has 8 N–H and O–H groups in total. The summed E-state index contributed by atoms with van der Waals surface area (Å²) in [6, 6.07) is 28.2. The van der Waals surface area contributed by atoms with Gasteiger partial charge >= 0.3 is 65.9 Å². The van der Waals surface area contributed by atoms with Gasteiger partial charge in [-0.1, -0.05) is 132 Å². The summed E-state index contributed by atoms with van der Waals surface area (Å²) in [7, 11) is 0. The quantitative estimate of drug-likeness (QED) is 0.0129. The number of nitrogens with zero attached hydrogens (tertiary/aromatic N) is 1. The number of aliphatic hydroxyl groups is 6. The maximum atomic E-state index is 15.2. The summed E-state index contributed by atoms with van der Waals surface area (Å²) in [5, 5.41) is 81.6. The fraction of sp³-hybridized carbons (Fsp3) is 0.560. The molecule has 0 spiro atoms. The third kappa shape index (κ3) is 20.2. The second-order valence-corrected chi connectivity index (χ2v) is 40.0. The van der Waals surface area contributed by atoms with Crippen LogP contribution in [0.4, 0.5) is 9.59 Å². The Bertz CT molecular complexity index is 5460. The molecule has 7 fully saturated rings. The van der Waals surface area contributed by atoms with Crippen molar-refractivity contribution >= 4 is 95.1 Å². The lowest BCUT2D eigenvalue weighted by Crippen LogP contribution is -2.81. The number of hydrogen-bond acceptors (Lipinski definition) is 35.